The largest absolute Gasteiger partial charge is 0.366 e. The van der Waals surface area contributed by atoms with Crippen LogP contribution in [0.3, 0.4) is 0 Å². The average molecular weight is 235 g/mol. The Hall–Kier alpha value is -1.55. The molecule has 0 fully saturated rings. The van der Waals surface area contributed by atoms with Crippen LogP contribution < -0.4 is 5.73 Å². The summed E-state index contributed by atoms with van der Waals surface area (Å²) in [6.07, 6.45) is 3.81. The van der Waals surface area contributed by atoms with E-state index in [4.69, 9.17) is 5.73 Å². The summed E-state index contributed by atoms with van der Waals surface area (Å²) in [5.74, 6) is 0.232. The minimum atomic E-state index is -0.428. The number of carbonyl (C=O) groups is 2. The van der Waals surface area contributed by atoms with Gasteiger partial charge >= 0.3 is 0 Å². The number of thioether (sulfide) groups is 1. The lowest BCUT2D eigenvalue weighted by Gasteiger charge is -1.96. The lowest BCUT2D eigenvalue weighted by atomic mass is 10.1. The van der Waals surface area contributed by atoms with Crippen LogP contribution in [0, 0.1) is 0 Å². The second-order valence-corrected chi connectivity index (χ2v) is 4.39. The van der Waals surface area contributed by atoms with Gasteiger partial charge in [0.1, 0.15) is 0 Å². The molecule has 84 valence electrons. The lowest BCUT2D eigenvalue weighted by Crippen LogP contribution is -2.10. The molecule has 0 saturated heterocycles. The number of nitrogens with two attached hydrogens (primary N) is 1. The summed E-state index contributed by atoms with van der Waals surface area (Å²) < 4.78 is 0. The van der Waals surface area contributed by atoms with Gasteiger partial charge in [-0.25, -0.2) is 0 Å². The van der Waals surface area contributed by atoms with Gasteiger partial charge < -0.3 is 5.73 Å². The number of hydrogen-bond donors (Lipinski definition) is 1. The van der Waals surface area contributed by atoms with Crippen LogP contribution in [0.15, 0.2) is 30.3 Å². The standard InChI is InChI=1S/C12H13NO2S/c1-9(14)16-8-2-3-10-4-6-11(7-5-10)12(13)15/h2-7H,8H2,1H3,(H2,13,15). The fourth-order valence-electron chi connectivity index (χ4n) is 1.11. The van der Waals surface area contributed by atoms with Crippen LogP contribution in [0.25, 0.3) is 6.08 Å². The summed E-state index contributed by atoms with van der Waals surface area (Å²) in [7, 11) is 0. The molecule has 0 aliphatic heterocycles. The van der Waals surface area contributed by atoms with E-state index in [0.717, 1.165) is 5.56 Å². The molecule has 4 heteroatoms. The third kappa shape index (κ3) is 4.31. The Morgan fingerprint density at radius 1 is 1.31 bits per heavy atom. The lowest BCUT2D eigenvalue weighted by molar-refractivity contribution is -0.109. The van der Waals surface area contributed by atoms with Gasteiger partial charge in [-0.1, -0.05) is 36.0 Å². The van der Waals surface area contributed by atoms with Gasteiger partial charge in [0.2, 0.25) is 5.91 Å². The maximum Gasteiger partial charge on any atom is 0.248 e. The summed E-state index contributed by atoms with van der Waals surface area (Å²) in [5, 5.41) is 0.105. The molecule has 1 aromatic rings. The topological polar surface area (TPSA) is 60.2 Å². The molecule has 1 rings (SSSR count). The van der Waals surface area contributed by atoms with E-state index in [1.54, 1.807) is 19.1 Å². The van der Waals surface area contributed by atoms with Crippen LogP contribution in [-0.2, 0) is 4.79 Å². The molecule has 0 aliphatic carbocycles. The molecule has 0 unspecified atom stereocenters. The molecule has 2 N–H and O–H groups in total. The predicted molar refractivity (Wildman–Crippen MR) is 67.1 cm³/mol. The van der Waals surface area contributed by atoms with Crippen molar-refractivity contribution in [2.75, 3.05) is 5.75 Å². The van der Waals surface area contributed by atoms with Gasteiger partial charge in [0, 0.05) is 18.2 Å². The van der Waals surface area contributed by atoms with Crippen molar-refractivity contribution in [2.24, 2.45) is 5.73 Å². The van der Waals surface area contributed by atoms with Gasteiger partial charge in [0.25, 0.3) is 0 Å². The predicted octanol–water partition coefficient (Wildman–Crippen LogP) is 2.08. The summed E-state index contributed by atoms with van der Waals surface area (Å²) in [6.45, 7) is 1.54. The van der Waals surface area contributed by atoms with Crippen LogP contribution in [0.4, 0.5) is 0 Å². The van der Waals surface area contributed by atoms with Crippen molar-refractivity contribution < 1.29 is 9.59 Å². The molecular weight excluding hydrogens is 222 g/mol. The van der Waals surface area contributed by atoms with E-state index in [9.17, 15) is 9.59 Å². The summed E-state index contributed by atoms with van der Waals surface area (Å²) in [5.41, 5.74) is 6.60. The Labute approximate surface area is 98.7 Å². The van der Waals surface area contributed by atoms with E-state index in [1.165, 1.54) is 11.8 Å². The molecule has 0 heterocycles. The Balaban J connectivity index is 2.55. The molecule has 0 atom stereocenters. The summed E-state index contributed by atoms with van der Waals surface area (Å²) >= 11 is 1.26. The smallest absolute Gasteiger partial charge is 0.248 e. The first-order valence-corrected chi connectivity index (χ1v) is 5.78. The van der Waals surface area contributed by atoms with E-state index in [1.807, 2.05) is 24.3 Å². The van der Waals surface area contributed by atoms with E-state index < -0.39 is 5.91 Å². The van der Waals surface area contributed by atoms with Gasteiger partial charge in [-0.05, 0) is 17.7 Å². The Morgan fingerprint density at radius 3 is 2.44 bits per heavy atom. The van der Waals surface area contributed by atoms with E-state index in [-0.39, 0.29) is 5.12 Å². The number of benzene rings is 1. The fourth-order valence-corrected chi connectivity index (χ4v) is 1.54. The van der Waals surface area contributed by atoms with Gasteiger partial charge in [-0.15, -0.1) is 0 Å². The maximum atomic E-state index is 10.8. The molecule has 3 nitrogen and oxygen atoms in total. The van der Waals surface area contributed by atoms with Crippen LogP contribution in [0.5, 0.6) is 0 Å². The minimum absolute atomic E-state index is 0.105. The summed E-state index contributed by atoms with van der Waals surface area (Å²) in [4.78, 5) is 21.5. The number of hydrogen-bond acceptors (Lipinski definition) is 3. The van der Waals surface area contributed by atoms with Crippen molar-refractivity contribution in [2.45, 2.75) is 6.92 Å². The summed E-state index contributed by atoms with van der Waals surface area (Å²) in [6, 6.07) is 6.99. The first-order chi connectivity index (χ1) is 7.59. The highest BCUT2D eigenvalue weighted by Gasteiger charge is 1.97. The number of amides is 1. The molecule has 16 heavy (non-hydrogen) atoms. The quantitative estimate of drug-likeness (QED) is 0.869. The molecule has 0 aromatic heterocycles. The van der Waals surface area contributed by atoms with E-state index in [0.29, 0.717) is 11.3 Å². The van der Waals surface area contributed by atoms with Crippen molar-refractivity contribution in [3.63, 3.8) is 0 Å². The van der Waals surface area contributed by atoms with E-state index in [2.05, 4.69) is 0 Å². The molecule has 0 aliphatic rings. The second-order valence-electron chi connectivity index (χ2n) is 3.19. The van der Waals surface area contributed by atoms with Crippen molar-refractivity contribution in [1.82, 2.24) is 0 Å². The molecule has 0 spiro atoms. The first-order valence-electron chi connectivity index (χ1n) is 4.79. The van der Waals surface area contributed by atoms with Crippen LogP contribution in [0.1, 0.15) is 22.8 Å². The van der Waals surface area contributed by atoms with Gasteiger partial charge in [0.15, 0.2) is 5.12 Å². The third-order valence-corrected chi connectivity index (χ3v) is 2.65. The number of carbonyl (C=O) groups excluding carboxylic acids is 2. The zero-order valence-corrected chi connectivity index (χ0v) is 9.79. The van der Waals surface area contributed by atoms with Crippen LogP contribution >= 0.6 is 11.8 Å². The Kier molecular flexibility index (Phi) is 4.79. The van der Waals surface area contributed by atoms with Crippen molar-refractivity contribution >= 4 is 28.9 Å². The molecular formula is C12H13NO2S. The molecule has 1 aromatic carbocycles. The zero-order chi connectivity index (χ0) is 12.0. The Bertz CT molecular complexity index is 410. The normalized spacial score (nSPS) is 10.6. The van der Waals surface area contributed by atoms with Gasteiger partial charge in [-0.3, -0.25) is 9.59 Å². The maximum absolute atomic E-state index is 10.8. The van der Waals surface area contributed by atoms with Crippen LogP contribution in [-0.4, -0.2) is 16.8 Å². The van der Waals surface area contributed by atoms with E-state index >= 15 is 0 Å². The van der Waals surface area contributed by atoms with Crippen molar-refractivity contribution in [1.29, 1.82) is 0 Å². The molecule has 0 saturated carbocycles. The second kappa shape index (κ2) is 6.12. The molecule has 1 amide bonds. The van der Waals surface area contributed by atoms with Crippen LogP contribution in [0.2, 0.25) is 0 Å². The Morgan fingerprint density at radius 2 is 1.94 bits per heavy atom. The zero-order valence-electron chi connectivity index (χ0n) is 8.97. The number of primary amides is 1. The highest BCUT2D eigenvalue weighted by atomic mass is 32.2. The highest BCUT2D eigenvalue weighted by molar-refractivity contribution is 8.13. The average Bonchev–Trinajstić information content (AvgIpc) is 2.25. The molecule has 0 radical (unpaired) electrons. The number of rotatable bonds is 4. The SMILES string of the molecule is CC(=O)SCC=Cc1ccc(C(N)=O)cc1. The molecule has 0 bridgehead atoms. The van der Waals surface area contributed by atoms with Gasteiger partial charge in [0.05, 0.1) is 0 Å². The third-order valence-electron chi connectivity index (χ3n) is 1.89. The minimum Gasteiger partial charge on any atom is -0.366 e. The first kappa shape index (κ1) is 12.5. The fraction of sp³-hybridized carbons (Fsp3) is 0.167. The van der Waals surface area contributed by atoms with Gasteiger partial charge in [-0.2, -0.15) is 0 Å². The van der Waals surface area contributed by atoms with Crippen molar-refractivity contribution in [3.05, 3.63) is 41.5 Å². The van der Waals surface area contributed by atoms with Crippen molar-refractivity contribution in [3.8, 4) is 0 Å². The highest BCUT2D eigenvalue weighted by Crippen LogP contribution is 2.07. The monoisotopic (exact) mass is 235 g/mol.